The number of carbonyl (C=O) groups is 4. The van der Waals surface area contributed by atoms with Crippen LogP contribution in [0.5, 0.6) is 0 Å². The quantitative estimate of drug-likeness (QED) is 0.695. The van der Waals surface area contributed by atoms with E-state index < -0.39 is 30.4 Å². The number of furan rings is 1. The minimum Gasteiger partial charge on any atom is -0.459 e. The van der Waals surface area contributed by atoms with Crippen molar-refractivity contribution in [3.05, 3.63) is 54.0 Å². The summed E-state index contributed by atoms with van der Waals surface area (Å²) < 4.78 is 9.60. The van der Waals surface area contributed by atoms with Gasteiger partial charge in [-0.25, -0.2) is 9.59 Å². The van der Waals surface area contributed by atoms with Crippen molar-refractivity contribution in [1.29, 1.82) is 0 Å². The predicted octanol–water partition coefficient (Wildman–Crippen LogP) is 0.884. The Balaban J connectivity index is 1.82. The van der Waals surface area contributed by atoms with Crippen LogP contribution in [0.3, 0.4) is 0 Å². The molecule has 0 saturated heterocycles. The number of esters is 1. The maximum Gasteiger partial charge on any atom is 0.338 e. The highest BCUT2D eigenvalue weighted by molar-refractivity contribution is 6.04. The molecule has 24 heavy (non-hydrogen) atoms. The number of rotatable bonds is 5. The van der Waals surface area contributed by atoms with Crippen molar-refractivity contribution in [2.75, 3.05) is 11.9 Å². The first-order valence-corrected chi connectivity index (χ1v) is 6.67. The third-order valence-corrected chi connectivity index (χ3v) is 2.72. The minimum absolute atomic E-state index is 0.0350. The molecule has 0 saturated carbocycles. The third-order valence-electron chi connectivity index (χ3n) is 2.72. The molecule has 0 spiro atoms. The SMILES string of the molecule is NC(=O)Nc1ccc(C(=O)OCC(=O)NC(=O)c2ccco2)cc1. The Morgan fingerprint density at radius 1 is 1.08 bits per heavy atom. The number of nitrogens with two attached hydrogens (primary N) is 1. The van der Waals surface area contributed by atoms with E-state index >= 15 is 0 Å². The lowest BCUT2D eigenvalue weighted by atomic mass is 10.2. The molecule has 0 bridgehead atoms. The number of nitrogens with one attached hydrogen (secondary N) is 2. The molecule has 1 heterocycles. The number of amides is 4. The highest BCUT2D eigenvalue weighted by atomic mass is 16.5. The summed E-state index contributed by atoms with van der Waals surface area (Å²) in [6.45, 7) is -0.632. The van der Waals surface area contributed by atoms with Crippen molar-refractivity contribution in [3.63, 3.8) is 0 Å². The van der Waals surface area contributed by atoms with Crippen molar-refractivity contribution in [2.24, 2.45) is 5.73 Å². The first-order valence-electron chi connectivity index (χ1n) is 6.67. The zero-order valence-electron chi connectivity index (χ0n) is 12.3. The van der Waals surface area contributed by atoms with Crippen LogP contribution in [0.25, 0.3) is 0 Å². The molecule has 0 aliphatic rings. The number of carbonyl (C=O) groups excluding carboxylic acids is 4. The van der Waals surface area contributed by atoms with Crippen LogP contribution in [0.4, 0.5) is 10.5 Å². The normalized spacial score (nSPS) is 9.83. The summed E-state index contributed by atoms with van der Waals surface area (Å²) in [6.07, 6.45) is 1.29. The molecule has 0 fully saturated rings. The van der Waals surface area contributed by atoms with E-state index in [0.717, 1.165) is 0 Å². The van der Waals surface area contributed by atoms with Gasteiger partial charge < -0.3 is 20.2 Å². The average molecular weight is 331 g/mol. The Labute approximate surface area is 135 Å². The fourth-order valence-electron chi connectivity index (χ4n) is 1.68. The van der Waals surface area contributed by atoms with Crippen LogP contribution in [-0.4, -0.2) is 30.4 Å². The van der Waals surface area contributed by atoms with Crippen LogP contribution in [0.1, 0.15) is 20.9 Å². The summed E-state index contributed by atoms with van der Waals surface area (Å²) in [5.74, 6) is -2.33. The van der Waals surface area contributed by atoms with Crippen molar-refractivity contribution < 1.29 is 28.3 Å². The Kier molecular flexibility index (Phi) is 5.29. The first-order chi connectivity index (χ1) is 11.5. The second-order valence-corrected chi connectivity index (χ2v) is 4.50. The van der Waals surface area contributed by atoms with Gasteiger partial charge in [0.2, 0.25) is 0 Å². The van der Waals surface area contributed by atoms with Gasteiger partial charge in [0.15, 0.2) is 12.4 Å². The maximum atomic E-state index is 11.8. The predicted molar refractivity (Wildman–Crippen MR) is 81.1 cm³/mol. The molecule has 4 amide bonds. The van der Waals surface area contributed by atoms with Crippen molar-refractivity contribution in [2.45, 2.75) is 0 Å². The molecule has 2 rings (SSSR count). The van der Waals surface area contributed by atoms with Gasteiger partial charge in [0.05, 0.1) is 11.8 Å². The van der Waals surface area contributed by atoms with Gasteiger partial charge in [0.1, 0.15) is 0 Å². The van der Waals surface area contributed by atoms with Crippen LogP contribution in [0, 0.1) is 0 Å². The molecule has 1 aromatic carbocycles. The highest BCUT2D eigenvalue weighted by Crippen LogP contribution is 2.10. The van der Waals surface area contributed by atoms with Crippen LogP contribution >= 0.6 is 0 Å². The molecule has 0 unspecified atom stereocenters. The van der Waals surface area contributed by atoms with Gasteiger partial charge in [0.25, 0.3) is 11.8 Å². The maximum absolute atomic E-state index is 11.8. The van der Waals surface area contributed by atoms with E-state index in [-0.39, 0.29) is 11.3 Å². The van der Waals surface area contributed by atoms with E-state index in [1.54, 1.807) is 0 Å². The number of anilines is 1. The highest BCUT2D eigenvalue weighted by Gasteiger charge is 2.15. The van der Waals surface area contributed by atoms with Gasteiger partial charge in [-0.15, -0.1) is 0 Å². The summed E-state index contributed by atoms with van der Waals surface area (Å²) >= 11 is 0. The lowest BCUT2D eigenvalue weighted by Crippen LogP contribution is -2.33. The van der Waals surface area contributed by atoms with Crippen LogP contribution in [0.15, 0.2) is 47.1 Å². The fraction of sp³-hybridized carbons (Fsp3) is 0.0667. The number of benzene rings is 1. The Hall–Kier alpha value is -3.62. The van der Waals surface area contributed by atoms with Crippen molar-refractivity contribution >= 4 is 29.5 Å². The third kappa shape index (κ3) is 4.70. The molecular weight excluding hydrogens is 318 g/mol. The first kappa shape index (κ1) is 16.7. The lowest BCUT2D eigenvalue weighted by molar-refractivity contribution is -0.123. The number of imide groups is 1. The van der Waals surface area contributed by atoms with Gasteiger partial charge in [-0.2, -0.15) is 0 Å². The average Bonchev–Trinajstić information content (AvgIpc) is 3.07. The molecule has 0 aliphatic carbocycles. The molecule has 1 aromatic heterocycles. The van der Waals surface area contributed by atoms with Gasteiger partial charge in [-0.1, -0.05) is 0 Å². The zero-order chi connectivity index (χ0) is 17.5. The van der Waals surface area contributed by atoms with E-state index in [2.05, 4.69) is 5.32 Å². The van der Waals surface area contributed by atoms with E-state index in [1.807, 2.05) is 5.32 Å². The second-order valence-electron chi connectivity index (χ2n) is 4.50. The molecule has 124 valence electrons. The number of urea groups is 1. The van der Waals surface area contributed by atoms with Gasteiger partial charge >= 0.3 is 12.0 Å². The van der Waals surface area contributed by atoms with Crippen LogP contribution in [-0.2, 0) is 9.53 Å². The van der Waals surface area contributed by atoms with Crippen LogP contribution < -0.4 is 16.4 Å². The van der Waals surface area contributed by atoms with E-state index in [4.69, 9.17) is 14.9 Å². The Morgan fingerprint density at radius 3 is 2.38 bits per heavy atom. The molecule has 9 heteroatoms. The number of hydrogen-bond donors (Lipinski definition) is 3. The molecule has 9 nitrogen and oxygen atoms in total. The van der Waals surface area contributed by atoms with Gasteiger partial charge in [-0.3, -0.25) is 14.9 Å². The van der Waals surface area contributed by atoms with Gasteiger partial charge in [-0.05, 0) is 36.4 Å². The molecule has 0 radical (unpaired) electrons. The monoisotopic (exact) mass is 331 g/mol. The molecular formula is C15H13N3O6. The summed E-state index contributed by atoms with van der Waals surface area (Å²) in [5.41, 5.74) is 5.52. The summed E-state index contributed by atoms with van der Waals surface area (Å²) in [4.78, 5) is 45.6. The zero-order valence-corrected chi connectivity index (χ0v) is 12.3. The van der Waals surface area contributed by atoms with E-state index in [9.17, 15) is 19.2 Å². The van der Waals surface area contributed by atoms with Gasteiger partial charge in [0, 0.05) is 5.69 Å². The topological polar surface area (TPSA) is 141 Å². The summed E-state index contributed by atoms with van der Waals surface area (Å²) in [5, 5.41) is 4.34. The molecule has 0 atom stereocenters. The minimum atomic E-state index is -0.795. The Morgan fingerprint density at radius 2 is 1.79 bits per heavy atom. The van der Waals surface area contributed by atoms with Crippen molar-refractivity contribution in [1.82, 2.24) is 5.32 Å². The van der Waals surface area contributed by atoms with Crippen molar-refractivity contribution in [3.8, 4) is 0 Å². The smallest absolute Gasteiger partial charge is 0.338 e. The van der Waals surface area contributed by atoms with Crippen LogP contribution in [0.2, 0.25) is 0 Å². The van der Waals surface area contributed by atoms with E-state index in [1.165, 1.54) is 42.7 Å². The summed E-state index contributed by atoms with van der Waals surface area (Å²) in [7, 11) is 0. The molecule has 2 aromatic rings. The number of ether oxygens (including phenoxy) is 1. The number of primary amides is 1. The molecule has 0 aliphatic heterocycles. The largest absolute Gasteiger partial charge is 0.459 e. The Bertz CT molecular complexity index is 752. The second kappa shape index (κ2) is 7.58. The standard InChI is InChI=1S/C15H13N3O6/c16-15(22)17-10-5-3-9(4-6-10)14(21)24-8-12(19)18-13(20)11-2-1-7-23-11/h1-7H,8H2,(H3,16,17,22)(H,18,19,20). The molecule has 4 N–H and O–H groups in total. The number of hydrogen-bond acceptors (Lipinski definition) is 6. The lowest BCUT2D eigenvalue weighted by Gasteiger charge is -2.06. The summed E-state index contributed by atoms with van der Waals surface area (Å²) in [6, 6.07) is 7.82. The van der Waals surface area contributed by atoms with E-state index in [0.29, 0.717) is 5.69 Å². The fourth-order valence-corrected chi connectivity index (χ4v) is 1.68.